The third kappa shape index (κ3) is 5.84. The molecule has 1 aromatic carbocycles. The van der Waals surface area contributed by atoms with E-state index < -0.39 is 0 Å². The number of benzene rings is 1. The summed E-state index contributed by atoms with van der Waals surface area (Å²) in [5.74, 6) is 0.911. The number of amides is 2. The Balaban J connectivity index is 1.32. The standard InChI is InChI=1S/C21H24N4O3/c26-20(9-4-11-24-21(27)18-8-5-15-28-18)23-12-10-19-22-13-14-25(19)16-17-6-2-1-3-7-17/h1-3,5-8,13-15H,4,9-12,16H2,(H,23,26)(H,24,27). The summed E-state index contributed by atoms with van der Waals surface area (Å²) in [5.41, 5.74) is 1.21. The highest BCUT2D eigenvalue weighted by Crippen LogP contribution is 2.06. The van der Waals surface area contributed by atoms with Crippen LogP contribution in [0.4, 0.5) is 0 Å². The smallest absolute Gasteiger partial charge is 0.286 e. The molecule has 0 atom stereocenters. The van der Waals surface area contributed by atoms with Crippen LogP contribution < -0.4 is 10.6 Å². The molecule has 0 aliphatic heterocycles. The average molecular weight is 380 g/mol. The van der Waals surface area contributed by atoms with Gasteiger partial charge in [-0.1, -0.05) is 30.3 Å². The number of nitrogens with zero attached hydrogens (tertiary/aromatic N) is 2. The fourth-order valence-corrected chi connectivity index (χ4v) is 2.84. The third-order valence-corrected chi connectivity index (χ3v) is 4.28. The summed E-state index contributed by atoms with van der Waals surface area (Å²) in [6.45, 7) is 1.72. The Morgan fingerprint density at radius 1 is 1.04 bits per heavy atom. The van der Waals surface area contributed by atoms with Gasteiger partial charge < -0.3 is 19.6 Å². The highest BCUT2D eigenvalue weighted by Gasteiger charge is 2.08. The topological polar surface area (TPSA) is 89.2 Å². The van der Waals surface area contributed by atoms with E-state index in [-0.39, 0.29) is 17.6 Å². The van der Waals surface area contributed by atoms with E-state index in [0.29, 0.717) is 32.4 Å². The van der Waals surface area contributed by atoms with Crippen molar-refractivity contribution in [3.8, 4) is 0 Å². The van der Waals surface area contributed by atoms with Crippen molar-refractivity contribution in [1.29, 1.82) is 0 Å². The van der Waals surface area contributed by atoms with Crippen molar-refractivity contribution < 1.29 is 14.0 Å². The van der Waals surface area contributed by atoms with E-state index in [1.807, 2.05) is 24.4 Å². The van der Waals surface area contributed by atoms with Crippen molar-refractivity contribution in [3.05, 3.63) is 78.3 Å². The Morgan fingerprint density at radius 2 is 1.89 bits per heavy atom. The molecule has 28 heavy (non-hydrogen) atoms. The van der Waals surface area contributed by atoms with Gasteiger partial charge in [0.2, 0.25) is 5.91 Å². The molecular weight excluding hydrogens is 356 g/mol. The zero-order valence-corrected chi connectivity index (χ0v) is 15.6. The molecule has 0 bridgehead atoms. The van der Waals surface area contributed by atoms with E-state index in [0.717, 1.165) is 12.4 Å². The van der Waals surface area contributed by atoms with Crippen LogP contribution in [0.5, 0.6) is 0 Å². The lowest BCUT2D eigenvalue weighted by Crippen LogP contribution is -2.28. The van der Waals surface area contributed by atoms with Crippen molar-refractivity contribution in [1.82, 2.24) is 20.2 Å². The van der Waals surface area contributed by atoms with Crippen LogP contribution in [0.2, 0.25) is 0 Å². The second-order valence-corrected chi connectivity index (χ2v) is 6.39. The van der Waals surface area contributed by atoms with Crippen LogP contribution in [-0.4, -0.2) is 34.5 Å². The lowest BCUT2D eigenvalue weighted by molar-refractivity contribution is -0.121. The van der Waals surface area contributed by atoms with Gasteiger partial charge in [-0.15, -0.1) is 0 Å². The normalized spacial score (nSPS) is 10.6. The summed E-state index contributed by atoms with van der Waals surface area (Å²) in [7, 11) is 0. The Kier molecular flexibility index (Phi) is 7.01. The molecule has 0 aliphatic carbocycles. The molecule has 7 heteroatoms. The Hall–Kier alpha value is -3.35. The Labute approximate surface area is 163 Å². The number of furan rings is 1. The molecule has 0 radical (unpaired) electrons. The number of carbonyl (C=O) groups is 2. The lowest BCUT2D eigenvalue weighted by atomic mass is 10.2. The maximum atomic E-state index is 12.0. The van der Waals surface area contributed by atoms with Crippen LogP contribution in [0.25, 0.3) is 0 Å². The van der Waals surface area contributed by atoms with E-state index in [1.165, 1.54) is 11.8 Å². The summed E-state index contributed by atoms with van der Waals surface area (Å²) in [6.07, 6.45) is 6.78. The summed E-state index contributed by atoms with van der Waals surface area (Å²) in [5, 5.41) is 5.63. The molecule has 146 valence electrons. The van der Waals surface area contributed by atoms with Crippen molar-refractivity contribution in [2.75, 3.05) is 13.1 Å². The summed E-state index contributed by atoms with van der Waals surface area (Å²) in [4.78, 5) is 28.0. The molecule has 2 aromatic heterocycles. The quantitative estimate of drug-likeness (QED) is 0.529. The fraction of sp³-hybridized carbons (Fsp3) is 0.286. The first kappa shape index (κ1) is 19.4. The average Bonchev–Trinajstić information content (AvgIpc) is 3.39. The molecule has 2 amide bonds. The van der Waals surface area contributed by atoms with E-state index >= 15 is 0 Å². The molecule has 0 aliphatic rings. The minimum atomic E-state index is -0.268. The second-order valence-electron chi connectivity index (χ2n) is 6.39. The van der Waals surface area contributed by atoms with Gasteiger partial charge >= 0.3 is 0 Å². The van der Waals surface area contributed by atoms with E-state index in [4.69, 9.17) is 4.42 Å². The van der Waals surface area contributed by atoms with Gasteiger partial charge in [-0.25, -0.2) is 4.98 Å². The van der Waals surface area contributed by atoms with E-state index in [1.54, 1.807) is 18.3 Å². The van der Waals surface area contributed by atoms with Gasteiger partial charge in [0.1, 0.15) is 5.82 Å². The predicted molar refractivity (Wildman–Crippen MR) is 105 cm³/mol. The predicted octanol–water partition coefficient (Wildman–Crippen LogP) is 2.39. The first-order chi connectivity index (χ1) is 13.7. The molecule has 3 aromatic rings. The third-order valence-electron chi connectivity index (χ3n) is 4.28. The molecular formula is C21H24N4O3. The lowest BCUT2D eigenvalue weighted by Gasteiger charge is -2.09. The SMILES string of the molecule is O=C(CCCNC(=O)c1ccco1)NCCc1nccn1Cc1ccccc1. The fourth-order valence-electron chi connectivity index (χ4n) is 2.84. The Bertz CT molecular complexity index is 872. The Morgan fingerprint density at radius 3 is 2.68 bits per heavy atom. The largest absolute Gasteiger partial charge is 0.459 e. The molecule has 0 fully saturated rings. The maximum absolute atomic E-state index is 12.0. The molecule has 0 saturated carbocycles. The van der Waals surface area contributed by atoms with Gasteiger partial charge in [0.05, 0.1) is 6.26 Å². The molecule has 2 heterocycles. The minimum Gasteiger partial charge on any atom is -0.459 e. The molecule has 0 spiro atoms. The summed E-state index contributed by atoms with van der Waals surface area (Å²) in [6, 6.07) is 13.5. The van der Waals surface area contributed by atoms with Gasteiger partial charge in [0, 0.05) is 44.9 Å². The summed E-state index contributed by atoms with van der Waals surface area (Å²) >= 11 is 0. The van der Waals surface area contributed by atoms with Crippen LogP contribution in [0.15, 0.2) is 65.5 Å². The van der Waals surface area contributed by atoms with Crippen LogP contribution in [0.3, 0.4) is 0 Å². The van der Waals surface area contributed by atoms with Crippen LogP contribution in [0, 0.1) is 0 Å². The highest BCUT2D eigenvalue weighted by atomic mass is 16.3. The van der Waals surface area contributed by atoms with Gasteiger partial charge in [0.15, 0.2) is 5.76 Å². The van der Waals surface area contributed by atoms with Crippen molar-refractivity contribution >= 4 is 11.8 Å². The van der Waals surface area contributed by atoms with Gasteiger partial charge in [-0.2, -0.15) is 0 Å². The number of carbonyl (C=O) groups excluding carboxylic acids is 2. The highest BCUT2D eigenvalue weighted by molar-refractivity contribution is 5.91. The second kappa shape index (κ2) is 10.1. The monoisotopic (exact) mass is 380 g/mol. The first-order valence-corrected chi connectivity index (χ1v) is 9.35. The number of rotatable bonds is 10. The minimum absolute atomic E-state index is 0.0339. The number of aromatic nitrogens is 2. The van der Waals surface area contributed by atoms with Gasteiger partial charge in [0.25, 0.3) is 5.91 Å². The number of hydrogen-bond donors (Lipinski definition) is 2. The first-order valence-electron chi connectivity index (χ1n) is 9.35. The molecule has 0 saturated heterocycles. The number of nitrogens with one attached hydrogen (secondary N) is 2. The summed E-state index contributed by atoms with van der Waals surface area (Å²) < 4.78 is 7.10. The van der Waals surface area contributed by atoms with Crippen molar-refractivity contribution in [2.45, 2.75) is 25.8 Å². The molecule has 3 rings (SSSR count). The van der Waals surface area contributed by atoms with E-state index in [9.17, 15) is 9.59 Å². The molecule has 7 nitrogen and oxygen atoms in total. The van der Waals surface area contributed by atoms with Gasteiger partial charge in [-0.05, 0) is 24.1 Å². The number of hydrogen-bond acceptors (Lipinski definition) is 4. The molecule has 0 unspecified atom stereocenters. The van der Waals surface area contributed by atoms with Gasteiger partial charge in [-0.3, -0.25) is 9.59 Å². The van der Waals surface area contributed by atoms with E-state index in [2.05, 4.69) is 32.3 Å². The van der Waals surface area contributed by atoms with Crippen LogP contribution in [0.1, 0.15) is 34.8 Å². The zero-order chi connectivity index (χ0) is 19.6. The van der Waals surface area contributed by atoms with Crippen molar-refractivity contribution in [2.24, 2.45) is 0 Å². The van der Waals surface area contributed by atoms with Crippen LogP contribution in [-0.2, 0) is 17.8 Å². The number of imidazole rings is 1. The maximum Gasteiger partial charge on any atom is 0.286 e. The zero-order valence-electron chi connectivity index (χ0n) is 15.6. The van der Waals surface area contributed by atoms with Crippen molar-refractivity contribution in [3.63, 3.8) is 0 Å². The molecule has 2 N–H and O–H groups in total. The van der Waals surface area contributed by atoms with Crippen LogP contribution >= 0.6 is 0 Å².